The Hall–Kier alpha value is -4.13. The van der Waals surface area contributed by atoms with Gasteiger partial charge in [-0.25, -0.2) is 4.79 Å². The van der Waals surface area contributed by atoms with Crippen molar-refractivity contribution in [1.82, 2.24) is 0 Å². The Morgan fingerprint density at radius 1 is 0.812 bits per heavy atom. The number of amides is 1. The van der Waals surface area contributed by atoms with Gasteiger partial charge in [-0.05, 0) is 67.6 Å². The fourth-order valence-corrected chi connectivity index (χ4v) is 2.78. The second-order valence-corrected chi connectivity index (χ2v) is 6.86. The predicted octanol–water partition coefficient (Wildman–Crippen LogP) is 4.14. The van der Waals surface area contributed by atoms with Gasteiger partial charge in [-0.1, -0.05) is 18.2 Å². The van der Waals surface area contributed by atoms with Crippen LogP contribution in [0.5, 0.6) is 11.5 Å². The molecule has 0 saturated carbocycles. The van der Waals surface area contributed by atoms with Crippen molar-refractivity contribution in [3.8, 4) is 11.5 Å². The van der Waals surface area contributed by atoms with Crippen molar-refractivity contribution in [2.45, 2.75) is 13.0 Å². The zero-order valence-corrected chi connectivity index (χ0v) is 17.7. The van der Waals surface area contributed by atoms with Gasteiger partial charge in [0, 0.05) is 16.8 Å². The third-order valence-corrected chi connectivity index (χ3v) is 4.55. The number of hydrogen-bond donors (Lipinski definition) is 1. The molecule has 0 aliphatic rings. The molecule has 1 unspecified atom stereocenters. The smallest absolute Gasteiger partial charge is 0.347 e. The summed E-state index contributed by atoms with van der Waals surface area (Å²) < 4.78 is 15.7. The van der Waals surface area contributed by atoms with Gasteiger partial charge in [0.25, 0.3) is 5.91 Å². The zero-order valence-electron chi connectivity index (χ0n) is 17.7. The molecule has 1 amide bonds. The maximum absolute atomic E-state index is 12.3. The number of carbonyl (C=O) groups is 3. The lowest BCUT2D eigenvalue weighted by molar-refractivity contribution is -0.149. The number of esters is 1. The summed E-state index contributed by atoms with van der Waals surface area (Å²) in [7, 11) is 1.56. The SMILES string of the molecule is COc1ccc(OC(C)C(=O)OCC(=O)c2ccc(NC(=O)c3ccccc3)cc2)cc1. The number of hydrogen-bond acceptors (Lipinski definition) is 6. The van der Waals surface area contributed by atoms with Gasteiger partial charge in [-0.3, -0.25) is 9.59 Å². The molecule has 164 valence electrons. The van der Waals surface area contributed by atoms with Crippen molar-refractivity contribution >= 4 is 23.3 Å². The average molecular weight is 433 g/mol. The van der Waals surface area contributed by atoms with Crippen LogP contribution < -0.4 is 14.8 Å². The molecule has 1 atom stereocenters. The number of anilines is 1. The fourth-order valence-electron chi connectivity index (χ4n) is 2.78. The molecule has 3 rings (SSSR count). The Morgan fingerprint density at radius 2 is 1.44 bits per heavy atom. The van der Waals surface area contributed by atoms with Gasteiger partial charge in [0.05, 0.1) is 7.11 Å². The summed E-state index contributed by atoms with van der Waals surface area (Å²) in [6, 6.07) is 21.9. The van der Waals surface area contributed by atoms with Crippen LogP contribution in [0.25, 0.3) is 0 Å². The Balaban J connectivity index is 1.48. The second-order valence-electron chi connectivity index (χ2n) is 6.86. The monoisotopic (exact) mass is 433 g/mol. The van der Waals surface area contributed by atoms with Crippen LogP contribution in [0.3, 0.4) is 0 Å². The standard InChI is InChI=1S/C25H23NO6/c1-17(32-22-14-12-21(30-2)13-15-22)25(29)31-16-23(27)18-8-10-20(11-9-18)26-24(28)19-6-4-3-5-7-19/h3-15,17H,16H2,1-2H3,(H,26,28). The van der Waals surface area contributed by atoms with Crippen LogP contribution in [0.15, 0.2) is 78.9 Å². The molecular formula is C25H23NO6. The number of rotatable bonds is 9. The van der Waals surface area contributed by atoms with E-state index in [-0.39, 0.29) is 11.7 Å². The van der Waals surface area contributed by atoms with Crippen LogP contribution in [-0.2, 0) is 9.53 Å². The highest BCUT2D eigenvalue weighted by atomic mass is 16.6. The van der Waals surface area contributed by atoms with E-state index in [9.17, 15) is 14.4 Å². The molecule has 0 heterocycles. The highest BCUT2D eigenvalue weighted by Gasteiger charge is 2.18. The maximum Gasteiger partial charge on any atom is 0.347 e. The summed E-state index contributed by atoms with van der Waals surface area (Å²) in [5.74, 6) is -0.111. The average Bonchev–Trinajstić information content (AvgIpc) is 2.83. The molecule has 0 spiro atoms. The van der Waals surface area contributed by atoms with Gasteiger partial charge in [0.15, 0.2) is 18.5 Å². The van der Waals surface area contributed by atoms with Crippen molar-refractivity contribution in [3.05, 3.63) is 90.0 Å². The van der Waals surface area contributed by atoms with Gasteiger partial charge in [0.1, 0.15) is 11.5 Å². The van der Waals surface area contributed by atoms with E-state index in [1.54, 1.807) is 86.8 Å². The number of nitrogens with one attached hydrogen (secondary N) is 1. The molecule has 32 heavy (non-hydrogen) atoms. The van der Waals surface area contributed by atoms with E-state index < -0.39 is 18.7 Å². The number of ketones is 1. The molecule has 0 fully saturated rings. The minimum atomic E-state index is -0.883. The minimum absolute atomic E-state index is 0.246. The summed E-state index contributed by atoms with van der Waals surface area (Å²) in [5, 5.41) is 2.76. The van der Waals surface area contributed by atoms with Gasteiger partial charge >= 0.3 is 5.97 Å². The first-order valence-electron chi connectivity index (χ1n) is 9.93. The lowest BCUT2D eigenvalue weighted by Crippen LogP contribution is -2.28. The topological polar surface area (TPSA) is 90.9 Å². The van der Waals surface area contributed by atoms with E-state index in [1.165, 1.54) is 0 Å². The third kappa shape index (κ3) is 6.18. The number of ether oxygens (including phenoxy) is 3. The molecule has 1 N–H and O–H groups in total. The minimum Gasteiger partial charge on any atom is -0.497 e. The maximum atomic E-state index is 12.3. The molecule has 0 radical (unpaired) electrons. The lowest BCUT2D eigenvalue weighted by Gasteiger charge is -2.14. The molecule has 3 aromatic rings. The van der Waals surface area contributed by atoms with E-state index in [1.807, 2.05) is 6.07 Å². The van der Waals surface area contributed by atoms with Crippen molar-refractivity contribution in [2.24, 2.45) is 0 Å². The van der Waals surface area contributed by atoms with E-state index in [0.717, 1.165) is 0 Å². The van der Waals surface area contributed by atoms with Crippen LogP contribution in [0.4, 0.5) is 5.69 Å². The van der Waals surface area contributed by atoms with Gasteiger partial charge in [0.2, 0.25) is 0 Å². The molecule has 0 aliphatic heterocycles. The van der Waals surface area contributed by atoms with E-state index in [4.69, 9.17) is 14.2 Å². The van der Waals surface area contributed by atoms with Crippen LogP contribution in [-0.4, -0.2) is 37.5 Å². The highest BCUT2D eigenvalue weighted by Crippen LogP contribution is 2.18. The summed E-state index contributed by atoms with van der Waals surface area (Å²) >= 11 is 0. The van der Waals surface area contributed by atoms with E-state index >= 15 is 0 Å². The van der Waals surface area contributed by atoms with Gasteiger partial charge in [-0.2, -0.15) is 0 Å². The normalized spacial score (nSPS) is 11.2. The Labute approximate surface area is 185 Å². The Kier molecular flexibility index (Phi) is 7.59. The Bertz CT molecular complexity index is 1060. The Morgan fingerprint density at radius 3 is 2.06 bits per heavy atom. The quantitative estimate of drug-likeness (QED) is 0.403. The van der Waals surface area contributed by atoms with E-state index in [0.29, 0.717) is 28.3 Å². The van der Waals surface area contributed by atoms with Gasteiger partial charge in [-0.15, -0.1) is 0 Å². The van der Waals surface area contributed by atoms with Crippen LogP contribution in [0.1, 0.15) is 27.6 Å². The molecule has 0 saturated heterocycles. The number of carbonyl (C=O) groups excluding carboxylic acids is 3. The molecule has 7 heteroatoms. The largest absolute Gasteiger partial charge is 0.497 e. The fraction of sp³-hybridized carbons (Fsp3) is 0.160. The second kappa shape index (κ2) is 10.8. The number of benzene rings is 3. The van der Waals surface area contributed by atoms with Crippen molar-refractivity contribution < 1.29 is 28.6 Å². The first-order valence-corrected chi connectivity index (χ1v) is 9.93. The lowest BCUT2D eigenvalue weighted by atomic mass is 10.1. The predicted molar refractivity (Wildman–Crippen MR) is 119 cm³/mol. The summed E-state index contributed by atoms with van der Waals surface area (Å²) in [6.45, 7) is 1.13. The van der Waals surface area contributed by atoms with Gasteiger partial charge < -0.3 is 19.5 Å². The number of methoxy groups -OCH3 is 1. The highest BCUT2D eigenvalue weighted by molar-refractivity contribution is 6.04. The van der Waals surface area contributed by atoms with Crippen LogP contribution >= 0.6 is 0 Å². The molecule has 3 aromatic carbocycles. The molecular weight excluding hydrogens is 410 g/mol. The zero-order chi connectivity index (χ0) is 22.9. The van der Waals surface area contributed by atoms with Crippen molar-refractivity contribution in [3.63, 3.8) is 0 Å². The van der Waals surface area contributed by atoms with Crippen LogP contribution in [0.2, 0.25) is 0 Å². The molecule has 0 aromatic heterocycles. The van der Waals surface area contributed by atoms with Crippen LogP contribution in [0, 0.1) is 0 Å². The summed E-state index contributed by atoms with van der Waals surface area (Å²) in [4.78, 5) is 36.7. The molecule has 0 bridgehead atoms. The first kappa shape index (κ1) is 22.6. The first-order chi connectivity index (χ1) is 15.5. The molecule has 0 aliphatic carbocycles. The third-order valence-electron chi connectivity index (χ3n) is 4.55. The number of Topliss-reactive ketones (excluding diaryl/α,β-unsaturated/α-hetero) is 1. The van der Waals surface area contributed by atoms with Crippen molar-refractivity contribution in [1.29, 1.82) is 0 Å². The van der Waals surface area contributed by atoms with E-state index in [2.05, 4.69) is 5.32 Å². The summed E-state index contributed by atoms with van der Waals surface area (Å²) in [6.07, 6.45) is -0.883. The van der Waals surface area contributed by atoms with Crippen molar-refractivity contribution in [2.75, 3.05) is 19.0 Å². The summed E-state index contributed by atoms with van der Waals surface area (Å²) in [5.41, 5.74) is 1.44. The molecule has 7 nitrogen and oxygen atoms in total.